The summed E-state index contributed by atoms with van der Waals surface area (Å²) in [6.07, 6.45) is 1.82. The van der Waals surface area contributed by atoms with E-state index in [2.05, 4.69) is 12.2 Å². The van der Waals surface area contributed by atoms with Crippen LogP contribution in [-0.4, -0.2) is 50.6 Å². The van der Waals surface area contributed by atoms with Crippen LogP contribution in [0.5, 0.6) is 17.2 Å². The molecule has 1 saturated heterocycles. The minimum absolute atomic E-state index is 0.00460. The third-order valence-corrected chi connectivity index (χ3v) is 7.41. The first-order valence-electron chi connectivity index (χ1n) is 11.8. The van der Waals surface area contributed by atoms with Crippen molar-refractivity contribution in [1.29, 1.82) is 0 Å². The van der Waals surface area contributed by atoms with Gasteiger partial charge in [0.2, 0.25) is 11.8 Å². The Balaban J connectivity index is 1.37. The molecule has 4 atom stereocenters. The summed E-state index contributed by atoms with van der Waals surface area (Å²) in [5.41, 5.74) is 1.92. The van der Waals surface area contributed by atoms with Crippen LogP contribution >= 0.6 is 0 Å². The van der Waals surface area contributed by atoms with Crippen molar-refractivity contribution in [2.24, 2.45) is 17.8 Å². The monoisotopic (exact) mass is 466 g/mol. The molecule has 0 aromatic heterocycles. The number of fused-ring (bicyclic) bond motifs is 1. The molecule has 0 spiro atoms. The number of benzene rings is 2. The molecule has 0 radical (unpaired) electrons. The minimum atomic E-state index is 0.00460. The lowest BCUT2D eigenvalue weighted by Crippen LogP contribution is -2.35. The van der Waals surface area contributed by atoms with E-state index in [1.807, 2.05) is 47.4 Å². The van der Waals surface area contributed by atoms with Gasteiger partial charge in [-0.3, -0.25) is 9.59 Å². The van der Waals surface area contributed by atoms with Crippen LogP contribution in [0.1, 0.15) is 30.9 Å². The predicted molar refractivity (Wildman–Crippen MR) is 129 cm³/mol. The maximum atomic E-state index is 13.0. The lowest BCUT2D eigenvalue weighted by atomic mass is 9.88. The van der Waals surface area contributed by atoms with Crippen molar-refractivity contribution in [2.75, 3.05) is 27.9 Å². The molecule has 1 heterocycles. The SMILES string of the molecule is COc1ccc(CC(=O)NC[C@H]2[C@@H]3CC(=O)N(Cc4ccc(OC)cc4OC)[C@@H]3C[C@@H]2C)cc1. The molecular weight excluding hydrogens is 432 g/mol. The Bertz CT molecular complexity index is 1020. The number of ether oxygens (including phenoxy) is 3. The number of amides is 2. The zero-order valence-electron chi connectivity index (χ0n) is 20.4. The highest BCUT2D eigenvalue weighted by molar-refractivity contribution is 5.80. The van der Waals surface area contributed by atoms with Crippen LogP contribution in [0.15, 0.2) is 42.5 Å². The fourth-order valence-corrected chi connectivity index (χ4v) is 5.53. The maximum Gasteiger partial charge on any atom is 0.224 e. The Morgan fingerprint density at radius 1 is 1.03 bits per heavy atom. The second-order valence-corrected chi connectivity index (χ2v) is 9.34. The topological polar surface area (TPSA) is 77.1 Å². The number of methoxy groups -OCH3 is 3. The highest BCUT2D eigenvalue weighted by Gasteiger charge is 2.50. The van der Waals surface area contributed by atoms with E-state index in [1.54, 1.807) is 21.3 Å². The van der Waals surface area contributed by atoms with Gasteiger partial charge in [-0.15, -0.1) is 0 Å². The quantitative estimate of drug-likeness (QED) is 0.613. The smallest absolute Gasteiger partial charge is 0.224 e. The Kier molecular flexibility index (Phi) is 7.29. The van der Waals surface area contributed by atoms with Crippen molar-refractivity contribution in [3.63, 3.8) is 0 Å². The molecule has 2 amide bonds. The molecule has 7 heteroatoms. The molecule has 1 aliphatic heterocycles. The van der Waals surface area contributed by atoms with Gasteiger partial charge in [-0.25, -0.2) is 0 Å². The van der Waals surface area contributed by atoms with E-state index in [4.69, 9.17) is 14.2 Å². The van der Waals surface area contributed by atoms with E-state index < -0.39 is 0 Å². The highest BCUT2D eigenvalue weighted by atomic mass is 16.5. The molecule has 7 nitrogen and oxygen atoms in total. The summed E-state index contributed by atoms with van der Waals surface area (Å²) >= 11 is 0. The van der Waals surface area contributed by atoms with Crippen LogP contribution in [0.2, 0.25) is 0 Å². The van der Waals surface area contributed by atoms with Crippen LogP contribution in [0, 0.1) is 17.8 Å². The van der Waals surface area contributed by atoms with Crippen molar-refractivity contribution in [1.82, 2.24) is 10.2 Å². The summed E-state index contributed by atoms with van der Waals surface area (Å²) in [7, 11) is 4.88. The number of likely N-dealkylation sites (tertiary alicyclic amines) is 1. The van der Waals surface area contributed by atoms with Crippen molar-refractivity contribution in [2.45, 2.75) is 38.8 Å². The van der Waals surface area contributed by atoms with Crippen LogP contribution in [0.3, 0.4) is 0 Å². The number of carbonyl (C=O) groups is 2. The van der Waals surface area contributed by atoms with Gasteiger partial charge in [0, 0.05) is 37.2 Å². The molecule has 0 unspecified atom stereocenters. The van der Waals surface area contributed by atoms with Gasteiger partial charge in [-0.2, -0.15) is 0 Å². The minimum Gasteiger partial charge on any atom is -0.497 e. The summed E-state index contributed by atoms with van der Waals surface area (Å²) in [5, 5.41) is 3.12. The van der Waals surface area contributed by atoms with Gasteiger partial charge in [0.1, 0.15) is 17.2 Å². The fourth-order valence-electron chi connectivity index (χ4n) is 5.53. The Labute approximate surface area is 201 Å². The molecule has 1 aliphatic carbocycles. The number of nitrogens with zero attached hydrogens (tertiary/aromatic N) is 1. The lowest BCUT2D eigenvalue weighted by Gasteiger charge is -2.25. The van der Waals surface area contributed by atoms with Crippen LogP contribution in [0.4, 0.5) is 0 Å². The summed E-state index contributed by atoms with van der Waals surface area (Å²) < 4.78 is 16.0. The summed E-state index contributed by atoms with van der Waals surface area (Å²) in [6.45, 7) is 3.36. The third kappa shape index (κ3) is 4.98. The summed E-state index contributed by atoms with van der Waals surface area (Å²) in [4.78, 5) is 27.5. The highest BCUT2D eigenvalue weighted by Crippen LogP contribution is 2.46. The van der Waals surface area contributed by atoms with Gasteiger partial charge in [0.25, 0.3) is 0 Å². The average Bonchev–Trinajstić information content (AvgIpc) is 3.31. The van der Waals surface area contributed by atoms with E-state index in [1.165, 1.54) is 0 Å². The Morgan fingerprint density at radius 3 is 2.41 bits per heavy atom. The summed E-state index contributed by atoms with van der Waals surface area (Å²) in [5.74, 6) is 3.39. The van der Waals surface area contributed by atoms with Crippen LogP contribution < -0.4 is 19.5 Å². The largest absolute Gasteiger partial charge is 0.497 e. The van der Waals surface area contributed by atoms with Gasteiger partial charge in [0.05, 0.1) is 27.8 Å². The van der Waals surface area contributed by atoms with E-state index >= 15 is 0 Å². The average molecular weight is 467 g/mol. The van der Waals surface area contributed by atoms with E-state index in [-0.39, 0.29) is 29.7 Å². The molecular formula is C27H34N2O5. The van der Waals surface area contributed by atoms with Gasteiger partial charge < -0.3 is 24.4 Å². The van der Waals surface area contributed by atoms with Gasteiger partial charge >= 0.3 is 0 Å². The molecule has 2 fully saturated rings. The number of hydrogen-bond acceptors (Lipinski definition) is 5. The molecule has 0 bridgehead atoms. The molecule has 1 saturated carbocycles. The first kappa shape index (κ1) is 23.9. The molecule has 1 N–H and O–H groups in total. The lowest BCUT2D eigenvalue weighted by molar-refractivity contribution is -0.129. The predicted octanol–water partition coefficient (Wildman–Crippen LogP) is 3.44. The van der Waals surface area contributed by atoms with Crippen molar-refractivity contribution in [3.8, 4) is 17.2 Å². The normalized spacial score (nSPS) is 23.5. The van der Waals surface area contributed by atoms with Gasteiger partial charge in [0.15, 0.2) is 0 Å². The Hall–Kier alpha value is -3.22. The molecule has 182 valence electrons. The zero-order valence-corrected chi connectivity index (χ0v) is 20.4. The van der Waals surface area contributed by atoms with Gasteiger partial charge in [-0.05, 0) is 54.0 Å². The summed E-state index contributed by atoms with van der Waals surface area (Å²) in [6, 6.07) is 13.5. The van der Waals surface area contributed by atoms with Crippen molar-refractivity contribution in [3.05, 3.63) is 53.6 Å². The van der Waals surface area contributed by atoms with Crippen molar-refractivity contribution < 1.29 is 23.8 Å². The number of hydrogen-bond donors (Lipinski definition) is 1. The standard InChI is InChI=1S/C27H34N2O5/c1-17-11-24-22(23(17)15-28-26(30)12-18-5-8-20(32-2)9-6-18)14-27(31)29(24)16-19-7-10-21(33-3)13-25(19)34-4/h5-10,13,17,22-24H,11-12,14-16H2,1-4H3,(H,28,30)/t17-,22-,23+,24+/m0/s1. The second kappa shape index (κ2) is 10.4. The zero-order chi connectivity index (χ0) is 24.2. The van der Waals surface area contributed by atoms with Crippen LogP contribution in [-0.2, 0) is 22.6 Å². The first-order chi connectivity index (χ1) is 16.4. The van der Waals surface area contributed by atoms with Crippen LogP contribution in [0.25, 0.3) is 0 Å². The number of carbonyl (C=O) groups excluding carboxylic acids is 2. The van der Waals surface area contributed by atoms with Crippen molar-refractivity contribution >= 4 is 11.8 Å². The van der Waals surface area contributed by atoms with E-state index in [0.29, 0.717) is 31.8 Å². The van der Waals surface area contributed by atoms with E-state index in [0.717, 1.165) is 34.8 Å². The Morgan fingerprint density at radius 2 is 1.74 bits per heavy atom. The number of rotatable bonds is 9. The molecule has 34 heavy (non-hydrogen) atoms. The second-order valence-electron chi connectivity index (χ2n) is 9.34. The van der Waals surface area contributed by atoms with E-state index in [9.17, 15) is 9.59 Å². The van der Waals surface area contributed by atoms with Gasteiger partial charge in [-0.1, -0.05) is 19.1 Å². The first-order valence-corrected chi connectivity index (χ1v) is 11.8. The third-order valence-electron chi connectivity index (χ3n) is 7.41. The number of nitrogens with one attached hydrogen (secondary N) is 1. The molecule has 2 aliphatic rings. The molecule has 2 aromatic rings. The maximum absolute atomic E-state index is 13.0. The molecule has 2 aromatic carbocycles. The fraction of sp³-hybridized carbons (Fsp3) is 0.481. The molecule has 4 rings (SSSR count).